The summed E-state index contributed by atoms with van der Waals surface area (Å²) in [5, 5.41) is 17.9. The molecule has 0 amide bonds. The minimum Gasteiger partial charge on any atom is -0.396 e. The number of ether oxygens (including phenoxy) is 1. The summed E-state index contributed by atoms with van der Waals surface area (Å²) in [6.07, 6.45) is -1.07. The van der Waals surface area contributed by atoms with Gasteiger partial charge in [0, 0.05) is 24.9 Å². The average molecular weight is 188 g/mol. The number of aliphatic hydroxyl groups excluding tert-OH is 2. The highest BCUT2D eigenvalue weighted by molar-refractivity contribution is 6.11. The van der Waals surface area contributed by atoms with Crippen LogP contribution in [0.3, 0.4) is 0 Å². The molecule has 1 aliphatic heterocycles. The molecule has 1 fully saturated rings. The molecule has 0 aromatic carbocycles. The Labute approximate surface area is 78.3 Å². The lowest BCUT2D eigenvalue weighted by Crippen LogP contribution is -2.40. The van der Waals surface area contributed by atoms with E-state index in [2.05, 4.69) is 0 Å². The monoisotopic (exact) mass is 188 g/mol. The first-order chi connectivity index (χ1) is 6.07. The Balaban J connectivity index is 2.76. The summed E-state index contributed by atoms with van der Waals surface area (Å²) < 4.78 is 18.4. The van der Waals surface area contributed by atoms with Crippen LogP contribution >= 0.6 is 0 Å². The lowest BCUT2D eigenvalue weighted by molar-refractivity contribution is -0.0812. The summed E-state index contributed by atoms with van der Waals surface area (Å²) in [5.74, 6) is -0.486. The second kappa shape index (κ2) is 3.94. The zero-order valence-corrected chi connectivity index (χ0v) is 7.61. The molecule has 13 heavy (non-hydrogen) atoms. The molecule has 0 aliphatic carbocycles. The average Bonchev–Trinajstić information content (AvgIpc) is 2.32. The summed E-state index contributed by atoms with van der Waals surface area (Å²) in [7, 11) is 5.36. The Morgan fingerprint density at radius 2 is 2.15 bits per heavy atom. The predicted octanol–water partition coefficient (Wildman–Crippen LogP) is -0.401. The van der Waals surface area contributed by atoms with Crippen LogP contribution in [0.25, 0.3) is 0 Å². The molecular formula is C8H14BFO3. The van der Waals surface area contributed by atoms with Crippen molar-refractivity contribution in [1.29, 1.82) is 0 Å². The van der Waals surface area contributed by atoms with E-state index in [-0.39, 0.29) is 19.6 Å². The van der Waals surface area contributed by atoms with Crippen LogP contribution in [0.2, 0.25) is 0 Å². The summed E-state index contributed by atoms with van der Waals surface area (Å²) >= 11 is 0. The maximum Gasteiger partial charge on any atom is 0.123 e. The molecule has 0 spiro atoms. The quantitative estimate of drug-likeness (QED) is 0.592. The van der Waals surface area contributed by atoms with Gasteiger partial charge in [-0.05, 0) is 0 Å². The van der Waals surface area contributed by atoms with Gasteiger partial charge in [0.1, 0.15) is 14.0 Å². The van der Waals surface area contributed by atoms with Gasteiger partial charge in [-0.2, -0.15) is 0 Å². The van der Waals surface area contributed by atoms with Crippen LogP contribution in [0.5, 0.6) is 0 Å². The minimum atomic E-state index is -1.28. The highest BCUT2D eigenvalue weighted by atomic mass is 19.1. The lowest BCUT2D eigenvalue weighted by Gasteiger charge is -2.30. The largest absolute Gasteiger partial charge is 0.396 e. The molecule has 1 rings (SSSR count). The smallest absolute Gasteiger partial charge is 0.123 e. The fourth-order valence-corrected chi connectivity index (χ4v) is 1.75. The third kappa shape index (κ3) is 1.73. The zero-order valence-electron chi connectivity index (χ0n) is 7.61. The Morgan fingerprint density at radius 1 is 1.54 bits per heavy atom. The molecule has 1 aliphatic rings. The second-order valence-electron chi connectivity index (χ2n) is 3.51. The van der Waals surface area contributed by atoms with Crippen LogP contribution in [0.15, 0.2) is 0 Å². The van der Waals surface area contributed by atoms with E-state index in [1.807, 2.05) is 0 Å². The SMILES string of the molecule is [B][C@@H]1O[C@@](CO)(CCO)C(C)[C@@H]1F. The molecule has 5 heteroatoms. The minimum absolute atomic E-state index is 0.148. The van der Waals surface area contributed by atoms with Crippen molar-refractivity contribution in [2.45, 2.75) is 31.1 Å². The fourth-order valence-electron chi connectivity index (χ4n) is 1.75. The van der Waals surface area contributed by atoms with Gasteiger partial charge >= 0.3 is 0 Å². The van der Waals surface area contributed by atoms with E-state index in [0.29, 0.717) is 0 Å². The summed E-state index contributed by atoms with van der Waals surface area (Å²) in [5.41, 5.74) is -1.01. The van der Waals surface area contributed by atoms with E-state index in [9.17, 15) is 4.39 Å². The van der Waals surface area contributed by atoms with Crippen molar-refractivity contribution >= 4 is 7.85 Å². The molecule has 3 nitrogen and oxygen atoms in total. The number of alkyl halides is 1. The van der Waals surface area contributed by atoms with Gasteiger partial charge in [0.15, 0.2) is 0 Å². The van der Waals surface area contributed by atoms with Gasteiger partial charge in [-0.25, -0.2) is 4.39 Å². The first-order valence-electron chi connectivity index (χ1n) is 4.36. The van der Waals surface area contributed by atoms with Gasteiger partial charge < -0.3 is 14.9 Å². The van der Waals surface area contributed by atoms with Crippen LogP contribution < -0.4 is 0 Å². The molecule has 2 radical (unpaired) electrons. The van der Waals surface area contributed by atoms with Gasteiger partial charge in [-0.1, -0.05) is 6.92 Å². The van der Waals surface area contributed by atoms with Crippen molar-refractivity contribution in [3.8, 4) is 0 Å². The Hall–Kier alpha value is -0.125. The molecule has 0 saturated carbocycles. The molecule has 0 aromatic heterocycles. The maximum atomic E-state index is 13.3. The van der Waals surface area contributed by atoms with Crippen molar-refractivity contribution in [3.05, 3.63) is 0 Å². The molecular weight excluding hydrogens is 174 g/mol. The molecule has 4 atom stereocenters. The standard InChI is InChI=1S/C8H14BFO3/c1-5-6(10)7(9)13-8(5,4-12)2-3-11/h5-7,11-12H,2-4H2,1H3/t5?,6-,7+,8+/m0/s1. The highest BCUT2D eigenvalue weighted by Gasteiger charge is 2.50. The van der Waals surface area contributed by atoms with E-state index in [4.69, 9.17) is 22.8 Å². The summed E-state index contributed by atoms with van der Waals surface area (Å²) in [6.45, 7) is 1.16. The summed E-state index contributed by atoms with van der Waals surface area (Å²) in [6, 6.07) is -0.992. The zero-order chi connectivity index (χ0) is 10.1. The van der Waals surface area contributed by atoms with Crippen LogP contribution in [-0.2, 0) is 4.74 Å². The van der Waals surface area contributed by atoms with E-state index in [1.165, 1.54) is 0 Å². The number of hydrogen-bond donors (Lipinski definition) is 2. The number of halogens is 1. The van der Waals surface area contributed by atoms with E-state index in [1.54, 1.807) is 6.92 Å². The fraction of sp³-hybridized carbons (Fsp3) is 1.00. The molecule has 1 heterocycles. The van der Waals surface area contributed by atoms with Crippen molar-refractivity contribution in [2.75, 3.05) is 13.2 Å². The van der Waals surface area contributed by atoms with Crippen molar-refractivity contribution in [2.24, 2.45) is 5.92 Å². The third-order valence-electron chi connectivity index (χ3n) is 2.79. The molecule has 0 bridgehead atoms. The van der Waals surface area contributed by atoms with Crippen LogP contribution in [-0.4, -0.2) is 49.0 Å². The normalized spacial score (nSPS) is 45.4. The number of aliphatic hydroxyl groups is 2. The molecule has 2 N–H and O–H groups in total. The third-order valence-corrected chi connectivity index (χ3v) is 2.79. The van der Waals surface area contributed by atoms with Crippen LogP contribution in [0.1, 0.15) is 13.3 Å². The molecule has 0 aromatic rings. The van der Waals surface area contributed by atoms with E-state index in [0.717, 1.165) is 0 Å². The van der Waals surface area contributed by atoms with E-state index >= 15 is 0 Å². The number of hydrogen-bond acceptors (Lipinski definition) is 3. The van der Waals surface area contributed by atoms with Gasteiger partial charge in [0.2, 0.25) is 0 Å². The predicted molar refractivity (Wildman–Crippen MR) is 46.2 cm³/mol. The van der Waals surface area contributed by atoms with Gasteiger partial charge in [-0.15, -0.1) is 0 Å². The Morgan fingerprint density at radius 3 is 2.46 bits per heavy atom. The van der Waals surface area contributed by atoms with Gasteiger partial charge in [-0.3, -0.25) is 0 Å². The van der Waals surface area contributed by atoms with Crippen molar-refractivity contribution in [1.82, 2.24) is 0 Å². The van der Waals surface area contributed by atoms with Gasteiger partial charge in [0.05, 0.1) is 12.2 Å². The first kappa shape index (κ1) is 11.0. The molecule has 1 saturated heterocycles. The van der Waals surface area contributed by atoms with Crippen LogP contribution in [0.4, 0.5) is 4.39 Å². The van der Waals surface area contributed by atoms with Gasteiger partial charge in [0.25, 0.3) is 0 Å². The maximum absolute atomic E-state index is 13.3. The lowest BCUT2D eigenvalue weighted by atomic mass is 9.82. The number of rotatable bonds is 3. The first-order valence-corrected chi connectivity index (χ1v) is 4.36. The topological polar surface area (TPSA) is 49.7 Å². The molecule has 1 unspecified atom stereocenters. The molecule has 74 valence electrons. The van der Waals surface area contributed by atoms with Crippen molar-refractivity contribution in [3.63, 3.8) is 0 Å². The Bertz CT molecular complexity index is 181. The summed E-state index contributed by atoms with van der Waals surface area (Å²) in [4.78, 5) is 0. The highest BCUT2D eigenvalue weighted by Crippen LogP contribution is 2.39. The second-order valence-corrected chi connectivity index (χ2v) is 3.51. The van der Waals surface area contributed by atoms with Crippen molar-refractivity contribution < 1.29 is 19.3 Å². The Kier molecular flexibility index (Phi) is 3.32. The van der Waals surface area contributed by atoms with E-state index < -0.39 is 23.7 Å². The van der Waals surface area contributed by atoms with Crippen LogP contribution in [0, 0.1) is 5.92 Å².